The first kappa shape index (κ1) is 20.7. The molecule has 154 valence electrons. The highest BCUT2D eigenvalue weighted by Gasteiger charge is 2.29. The zero-order valence-corrected chi connectivity index (χ0v) is 17.0. The zero-order chi connectivity index (χ0) is 20.6. The number of hydrogen-bond donors (Lipinski definition) is 0. The van der Waals surface area contributed by atoms with Gasteiger partial charge in [0, 0.05) is 33.1 Å². The quantitative estimate of drug-likeness (QED) is 0.675. The molecule has 29 heavy (non-hydrogen) atoms. The van der Waals surface area contributed by atoms with E-state index in [0.29, 0.717) is 50.5 Å². The van der Waals surface area contributed by atoms with E-state index in [1.165, 1.54) is 0 Å². The van der Waals surface area contributed by atoms with Crippen molar-refractivity contribution in [2.24, 2.45) is 5.92 Å². The minimum Gasteiger partial charge on any atom is -0.490 e. The van der Waals surface area contributed by atoms with Crippen LogP contribution in [-0.2, 0) is 4.79 Å². The summed E-state index contributed by atoms with van der Waals surface area (Å²) in [5.41, 5.74) is 0.546. The van der Waals surface area contributed by atoms with Crippen molar-refractivity contribution in [1.82, 2.24) is 9.80 Å². The van der Waals surface area contributed by atoms with Crippen molar-refractivity contribution < 1.29 is 19.1 Å². The molecule has 0 saturated carbocycles. The molecule has 3 rings (SSSR count). The normalized spacial score (nSPS) is 14.3. The molecule has 6 nitrogen and oxygen atoms in total. The van der Waals surface area contributed by atoms with Crippen molar-refractivity contribution in [1.29, 1.82) is 0 Å². The number of nitrogens with zero attached hydrogens (tertiary/aromatic N) is 2. The Hall–Kier alpha value is -3.02. The third kappa shape index (κ3) is 5.50. The number of carbonyl (C=O) groups is 2. The third-order valence-corrected chi connectivity index (χ3v) is 5.04. The lowest BCUT2D eigenvalue weighted by atomic mass is 9.95. The van der Waals surface area contributed by atoms with Gasteiger partial charge in [-0.2, -0.15) is 0 Å². The van der Waals surface area contributed by atoms with E-state index in [0.717, 1.165) is 5.75 Å². The lowest BCUT2D eigenvalue weighted by Gasteiger charge is -2.32. The maximum absolute atomic E-state index is 13.0. The van der Waals surface area contributed by atoms with Gasteiger partial charge in [-0.25, -0.2) is 0 Å². The van der Waals surface area contributed by atoms with Gasteiger partial charge in [0.05, 0.1) is 5.56 Å². The first-order valence-corrected chi connectivity index (χ1v) is 9.96. The maximum atomic E-state index is 13.0. The minimum absolute atomic E-state index is 0.00400. The van der Waals surface area contributed by atoms with Crippen LogP contribution < -0.4 is 9.47 Å². The smallest absolute Gasteiger partial charge is 0.257 e. The minimum atomic E-state index is -0.0553. The highest BCUT2D eigenvalue weighted by atomic mass is 16.5. The summed E-state index contributed by atoms with van der Waals surface area (Å²) in [7, 11) is 3.55. The van der Waals surface area contributed by atoms with E-state index in [1.807, 2.05) is 47.4 Å². The first-order valence-electron chi connectivity index (χ1n) is 9.96. The number of amides is 2. The second kappa shape index (κ2) is 9.96. The summed E-state index contributed by atoms with van der Waals surface area (Å²) >= 11 is 0. The fraction of sp³-hybridized carbons (Fsp3) is 0.391. The van der Waals surface area contributed by atoms with Crippen molar-refractivity contribution in [2.75, 3.05) is 40.4 Å². The lowest BCUT2D eigenvalue weighted by Crippen LogP contribution is -2.42. The van der Waals surface area contributed by atoms with Crippen molar-refractivity contribution in [3.05, 3.63) is 60.2 Å². The number of likely N-dealkylation sites (tertiary alicyclic amines) is 1. The summed E-state index contributed by atoms with van der Waals surface area (Å²) in [6.07, 6.45) is 1.38. The molecule has 1 aliphatic heterocycles. The van der Waals surface area contributed by atoms with Crippen molar-refractivity contribution in [2.45, 2.75) is 12.8 Å². The Morgan fingerprint density at radius 1 is 0.931 bits per heavy atom. The second-order valence-electron chi connectivity index (χ2n) is 7.31. The molecule has 0 spiro atoms. The standard InChI is InChI=1S/C23H28N2O4/c1-24(2)22(26)18-12-14-25(15-13-18)23(27)20-10-6-7-11-21(20)29-17-16-28-19-8-4-3-5-9-19/h3-11,18H,12-17H2,1-2H3. The van der Waals surface area contributed by atoms with Gasteiger partial charge in [0.1, 0.15) is 24.7 Å². The Bertz CT molecular complexity index is 815. The Balaban J connectivity index is 1.54. The SMILES string of the molecule is CN(C)C(=O)C1CCN(C(=O)c2ccccc2OCCOc2ccccc2)CC1. The number of ether oxygens (including phenoxy) is 2. The van der Waals surface area contributed by atoms with Crippen LogP contribution in [0.1, 0.15) is 23.2 Å². The zero-order valence-electron chi connectivity index (χ0n) is 17.0. The van der Waals surface area contributed by atoms with Gasteiger partial charge >= 0.3 is 0 Å². The number of hydrogen-bond acceptors (Lipinski definition) is 4. The van der Waals surface area contributed by atoms with Gasteiger partial charge in [-0.3, -0.25) is 9.59 Å². The highest BCUT2D eigenvalue weighted by molar-refractivity contribution is 5.97. The van der Waals surface area contributed by atoms with E-state index in [4.69, 9.17) is 9.47 Å². The average Bonchev–Trinajstić information content (AvgIpc) is 2.77. The molecule has 6 heteroatoms. The first-order chi connectivity index (χ1) is 14.1. The van der Waals surface area contributed by atoms with Crippen molar-refractivity contribution in [3.8, 4) is 11.5 Å². The molecular formula is C23H28N2O4. The van der Waals surface area contributed by atoms with Crippen LogP contribution in [0.15, 0.2) is 54.6 Å². The summed E-state index contributed by atoms with van der Waals surface area (Å²) in [5.74, 6) is 1.42. The topological polar surface area (TPSA) is 59.1 Å². The Morgan fingerprint density at radius 3 is 2.24 bits per heavy atom. The van der Waals surface area contributed by atoms with Gasteiger partial charge in [-0.15, -0.1) is 0 Å². The van der Waals surface area contributed by atoms with Gasteiger partial charge in [-0.05, 0) is 37.1 Å². The predicted octanol–water partition coefficient (Wildman–Crippen LogP) is 3.08. The van der Waals surface area contributed by atoms with Crippen molar-refractivity contribution >= 4 is 11.8 Å². The van der Waals surface area contributed by atoms with Gasteiger partial charge in [0.15, 0.2) is 0 Å². The predicted molar refractivity (Wildman–Crippen MR) is 111 cm³/mol. The Labute approximate surface area is 172 Å². The molecule has 1 fully saturated rings. The molecule has 1 saturated heterocycles. The summed E-state index contributed by atoms with van der Waals surface area (Å²) < 4.78 is 11.5. The number of para-hydroxylation sites is 2. The van der Waals surface area contributed by atoms with Crippen LogP contribution in [0.5, 0.6) is 11.5 Å². The molecule has 1 heterocycles. The number of piperidine rings is 1. The van der Waals surface area contributed by atoms with Crippen LogP contribution in [0.3, 0.4) is 0 Å². The van der Waals surface area contributed by atoms with E-state index in [1.54, 1.807) is 31.1 Å². The van der Waals surface area contributed by atoms with E-state index in [2.05, 4.69) is 0 Å². The summed E-state index contributed by atoms with van der Waals surface area (Å²) in [5, 5.41) is 0. The largest absolute Gasteiger partial charge is 0.490 e. The van der Waals surface area contributed by atoms with Crippen LogP contribution in [-0.4, -0.2) is 62.0 Å². The summed E-state index contributed by atoms with van der Waals surface area (Å²) in [6.45, 7) is 1.90. The fourth-order valence-corrected chi connectivity index (χ4v) is 3.46. The van der Waals surface area contributed by atoms with Crippen molar-refractivity contribution in [3.63, 3.8) is 0 Å². The molecule has 0 atom stereocenters. The van der Waals surface area contributed by atoms with Crippen LogP contribution in [0.4, 0.5) is 0 Å². The molecule has 0 N–H and O–H groups in total. The third-order valence-electron chi connectivity index (χ3n) is 5.04. The fourth-order valence-electron chi connectivity index (χ4n) is 3.46. The van der Waals surface area contributed by atoms with Crippen LogP contribution >= 0.6 is 0 Å². The van der Waals surface area contributed by atoms with E-state index < -0.39 is 0 Å². The molecule has 0 unspecified atom stereocenters. The van der Waals surface area contributed by atoms with Gasteiger partial charge < -0.3 is 19.3 Å². The Morgan fingerprint density at radius 2 is 1.55 bits per heavy atom. The summed E-state index contributed by atoms with van der Waals surface area (Å²) in [4.78, 5) is 28.6. The van der Waals surface area contributed by atoms with Gasteiger partial charge in [-0.1, -0.05) is 30.3 Å². The molecule has 0 bridgehead atoms. The average molecular weight is 396 g/mol. The molecular weight excluding hydrogens is 368 g/mol. The molecule has 0 radical (unpaired) electrons. The second-order valence-corrected chi connectivity index (χ2v) is 7.31. The van der Waals surface area contributed by atoms with Crippen LogP contribution in [0, 0.1) is 5.92 Å². The van der Waals surface area contributed by atoms with Gasteiger partial charge in [0.2, 0.25) is 5.91 Å². The monoisotopic (exact) mass is 396 g/mol. The molecule has 2 amide bonds. The number of carbonyl (C=O) groups excluding carboxylic acids is 2. The van der Waals surface area contributed by atoms with E-state index in [-0.39, 0.29) is 17.7 Å². The molecule has 0 aromatic heterocycles. The number of benzene rings is 2. The molecule has 0 aliphatic carbocycles. The Kier molecular flexibility index (Phi) is 7.11. The van der Waals surface area contributed by atoms with Crippen LogP contribution in [0.2, 0.25) is 0 Å². The number of rotatable bonds is 7. The van der Waals surface area contributed by atoms with Gasteiger partial charge in [0.25, 0.3) is 5.91 Å². The lowest BCUT2D eigenvalue weighted by molar-refractivity contribution is -0.134. The van der Waals surface area contributed by atoms with E-state index in [9.17, 15) is 9.59 Å². The molecule has 1 aliphatic rings. The summed E-state index contributed by atoms with van der Waals surface area (Å²) in [6, 6.07) is 16.8. The maximum Gasteiger partial charge on any atom is 0.257 e. The van der Waals surface area contributed by atoms with Crippen LogP contribution in [0.25, 0.3) is 0 Å². The molecule has 2 aromatic rings. The molecule has 2 aromatic carbocycles. The highest BCUT2D eigenvalue weighted by Crippen LogP contribution is 2.24. The van der Waals surface area contributed by atoms with E-state index >= 15 is 0 Å².